The molecule has 178 valence electrons. The monoisotopic (exact) mass is 484 g/mol. The van der Waals surface area contributed by atoms with Crippen molar-refractivity contribution in [3.05, 3.63) is 90.1 Å². The summed E-state index contributed by atoms with van der Waals surface area (Å²) in [7, 11) is 0. The molecule has 2 aromatic carbocycles. The average Bonchev–Trinajstić information content (AvgIpc) is 3.41. The predicted octanol–water partition coefficient (Wildman–Crippen LogP) is 5.50. The Hall–Kier alpha value is -4.28. The molecule has 0 bridgehead atoms. The molecule has 0 aliphatic carbocycles. The summed E-state index contributed by atoms with van der Waals surface area (Å²) in [6.45, 7) is 0.705. The number of nitrogens with zero attached hydrogens (tertiary/aromatic N) is 5. The Morgan fingerprint density at radius 3 is 2.40 bits per heavy atom. The smallest absolute Gasteiger partial charge is 0.271 e. The zero-order chi connectivity index (χ0) is 24.9. The number of hydrogen-bond acceptors (Lipinski definition) is 4. The molecule has 0 saturated heterocycles. The van der Waals surface area contributed by atoms with Crippen molar-refractivity contribution >= 4 is 11.6 Å². The van der Waals surface area contributed by atoms with E-state index in [-0.39, 0.29) is 22.6 Å². The van der Waals surface area contributed by atoms with Gasteiger partial charge in [0.15, 0.2) is 17.3 Å². The molecule has 0 radical (unpaired) electrons. The Kier molecular flexibility index (Phi) is 5.27. The molecular formula is C24H17F5N6. The molecule has 0 amide bonds. The number of hydrogen-bond donors (Lipinski definition) is 1. The summed E-state index contributed by atoms with van der Waals surface area (Å²) in [6.07, 6.45) is 3.95. The molecule has 5 rings (SSSR count). The van der Waals surface area contributed by atoms with E-state index in [0.29, 0.717) is 23.7 Å². The van der Waals surface area contributed by atoms with Crippen molar-refractivity contribution in [3.63, 3.8) is 0 Å². The first kappa shape index (κ1) is 22.5. The fourth-order valence-corrected chi connectivity index (χ4v) is 3.99. The van der Waals surface area contributed by atoms with Gasteiger partial charge in [0.25, 0.3) is 5.92 Å². The number of rotatable bonds is 5. The van der Waals surface area contributed by atoms with Gasteiger partial charge in [0.1, 0.15) is 11.9 Å². The summed E-state index contributed by atoms with van der Waals surface area (Å²) in [5.41, 5.74) is 6.88. The highest BCUT2D eigenvalue weighted by molar-refractivity contribution is 5.74. The van der Waals surface area contributed by atoms with Gasteiger partial charge < -0.3 is 5.73 Å². The van der Waals surface area contributed by atoms with Crippen LogP contribution in [0.5, 0.6) is 0 Å². The molecule has 0 unspecified atom stereocenters. The van der Waals surface area contributed by atoms with Crippen molar-refractivity contribution in [3.8, 4) is 22.3 Å². The lowest BCUT2D eigenvalue weighted by Crippen LogP contribution is -2.29. The fourth-order valence-electron chi connectivity index (χ4n) is 3.99. The highest BCUT2D eigenvalue weighted by atomic mass is 19.3. The number of alkyl halides is 2. The number of anilines is 1. The van der Waals surface area contributed by atoms with Crippen LogP contribution in [-0.2, 0) is 0 Å². The molecule has 0 fully saturated rings. The molecule has 35 heavy (non-hydrogen) atoms. The zero-order valence-corrected chi connectivity index (χ0v) is 18.1. The van der Waals surface area contributed by atoms with Crippen LogP contribution in [0.1, 0.15) is 18.5 Å². The minimum absolute atomic E-state index is 0.0592. The Bertz CT molecular complexity index is 1530. The van der Waals surface area contributed by atoms with E-state index in [4.69, 9.17) is 5.73 Å². The summed E-state index contributed by atoms with van der Waals surface area (Å²) < 4.78 is 74.1. The van der Waals surface area contributed by atoms with Gasteiger partial charge in [0.05, 0.1) is 6.20 Å². The van der Waals surface area contributed by atoms with Crippen molar-refractivity contribution in [2.24, 2.45) is 0 Å². The average molecular weight is 484 g/mol. The second-order valence-corrected chi connectivity index (χ2v) is 8.13. The Labute approximate surface area is 195 Å². The topological polar surface area (TPSA) is 74.0 Å². The minimum atomic E-state index is -3.29. The van der Waals surface area contributed by atoms with E-state index in [0.717, 1.165) is 22.9 Å². The van der Waals surface area contributed by atoms with Crippen LogP contribution in [0.2, 0.25) is 0 Å². The molecular weight excluding hydrogens is 467 g/mol. The Morgan fingerprint density at radius 1 is 0.943 bits per heavy atom. The number of nitrogens with two attached hydrogens (primary N) is 1. The van der Waals surface area contributed by atoms with Gasteiger partial charge in [-0.2, -0.15) is 10.1 Å². The van der Waals surface area contributed by atoms with Crippen LogP contribution in [0.4, 0.5) is 27.9 Å². The molecule has 0 aliphatic heterocycles. The van der Waals surface area contributed by atoms with Crippen LogP contribution >= 0.6 is 0 Å². The molecule has 0 saturated carbocycles. The minimum Gasteiger partial charge on any atom is -0.366 e. The first-order chi connectivity index (χ1) is 16.6. The van der Waals surface area contributed by atoms with Gasteiger partial charge in [-0.25, -0.2) is 26.5 Å². The van der Waals surface area contributed by atoms with Crippen LogP contribution < -0.4 is 5.73 Å². The van der Waals surface area contributed by atoms with Gasteiger partial charge in [0, 0.05) is 30.4 Å². The lowest BCUT2D eigenvalue weighted by atomic mass is 10.00. The van der Waals surface area contributed by atoms with Crippen LogP contribution in [0, 0.1) is 17.5 Å². The largest absolute Gasteiger partial charge is 0.366 e. The van der Waals surface area contributed by atoms with Crippen LogP contribution in [0.25, 0.3) is 27.9 Å². The molecule has 3 heterocycles. The molecule has 6 nitrogen and oxygen atoms in total. The van der Waals surface area contributed by atoms with Gasteiger partial charge in [-0.3, -0.25) is 4.68 Å². The van der Waals surface area contributed by atoms with Gasteiger partial charge >= 0.3 is 0 Å². The van der Waals surface area contributed by atoms with E-state index in [1.165, 1.54) is 35.1 Å². The Balaban J connectivity index is 1.58. The Morgan fingerprint density at radius 2 is 1.69 bits per heavy atom. The maximum atomic E-state index is 14.8. The van der Waals surface area contributed by atoms with E-state index in [1.807, 2.05) is 0 Å². The van der Waals surface area contributed by atoms with Crippen molar-refractivity contribution in [1.29, 1.82) is 0 Å². The van der Waals surface area contributed by atoms with Gasteiger partial charge in [0.2, 0.25) is 5.95 Å². The molecule has 2 N–H and O–H groups in total. The first-order valence-corrected chi connectivity index (χ1v) is 10.4. The van der Waals surface area contributed by atoms with Crippen molar-refractivity contribution in [2.45, 2.75) is 18.9 Å². The lowest BCUT2D eigenvalue weighted by Gasteiger charge is -2.24. The summed E-state index contributed by atoms with van der Waals surface area (Å²) in [5, 5.41) is 7.96. The quantitative estimate of drug-likeness (QED) is 0.334. The summed E-state index contributed by atoms with van der Waals surface area (Å²) in [6, 6.07) is 8.65. The van der Waals surface area contributed by atoms with E-state index in [2.05, 4.69) is 15.2 Å². The number of fused-ring (bicyclic) bond motifs is 1. The first-order valence-electron chi connectivity index (χ1n) is 10.4. The summed E-state index contributed by atoms with van der Waals surface area (Å²) >= 11 is 0. The molecule has 0 aliphatic rings. The second-order valence-electron chi connectivity index (χ2n) is 8.13. The van der Waals surface area contributed by atoms with E-state index in [9.17, 15) is 22.0 Å². The third kappa shape index (κ3) is 4.20. The number of aromatic nitrogens is 5. The van der Waals surface area contributed by atoms with Crippen molar-refractivity contribution in [1.82, 2.24) is 24.4 Å². The standard InChI is InChI=1S/C24H17F5N6/c1-24(28,29)22(13-2-4-17(25)5-3-13)35-12-16(11-31-35)18-8-15(9-19(26)21(18)27)14-6-7-34-20(10-14)32-23(30)33-34/h2-12,22H,1H3,(H2,30,33)/t22-/m1/s1. The van der Waals surface area contributed by atoms with E-state index in [1.54, 1.807) is 18.3 Å². The van der Waals surface area contributed by atoms with E-state index >= 15 is 0 Å². The van der Waals surface area contributed by atoms with Crippen molar-refractivity contribution < 1.29 is 22.0 Å². The van der Waals surface area contributed by atoms with Gasteiger partial charge in [-0.1, -0.05) is 12.1 Å². The molecule has 3 aromatic heterocycles. The molecule has 5 aromatic rings. The predicted molar refractivity (Wildman–Crippen MR) is 119 cm³/mol. The summed E-state index contributed by atoms with van der Waals surface area (Å²) in [5.74, 6) is -6.08. The third-order valence-electron chi connectivity index (χ3n) is 5.56. The second kappa shape index (κ2) is 8.19. The van der Waals surface area contributed by atoms with E-state index < -0.39 is 29.4 Å². The normalized spacial score (nSPS) is 12.9. The van der Waals surface area contributed by atoms with Gasteiger partial charge in [-0.05, 0) is 53.1 Å². The SMILES string of the molecule is CC(F)(F)[C@@H](c1ccc(F)cc1)n1cc(-c2cc(-c3ccn4nc(N)nc4c3)cc(F)c2F)cn1. The molecule has 11 heteroatoms. The molecule has 1 atom stereocenters. The lowest BCUT2D eigenvalue weighted by molar-refractivity contribution is -0.0217. The number of pyridine rings is 1. The maximum Gasteiger partial charge on any atom is 0.271 e. The number of benzene rings is 2. The van der Waals surface area contributed by atoms with Crippen LogP contribution in [0.15, 0.2) is 67.1 Å². The van der Waals surface area contributed by atoms with Crippen LogP contribution in [-0.4, -0.2) is 30.3 Å². The highest BCUT2D eigenvalue weighted by Crippen LogP contribution is 2.36. The van der Waals surface area contributed by atoms with Crippen LogP contribution in [0.3, 0.4) is 0 Å². The highest BCUT2D eigenvalue weighted by Gasteiger charge is 2.38. The fraction of sp³-hybridized carbons (Fsp3) is 0.125. The number of halogens is 5. The van der Waals surface area contributed by atoms with Crippen molar-refractivity contribution in [2.75, 3.05) is 5.73 Å². The summed E-state index contributed by atoms with van der Waals surface area (Å²) in [4.78, 5) is 4.05. The maximum absolute atomic E-state index is 14.8. The number of nitrogen functional groups attached to an aromatic ring is 1. The zero-order valence-electron chi connectivity index (χ0n) is 18.1. The molecule has 0 spiro atoms. The third-order valence-corrected chi connectivity index (χ3v) is 5.56. The van der Waals surface area contributed by atoms with Gasteiger partial charge in [-0.15, -0.1) is 5.10 Å².